The monoisotopic (exact) mass is 547 g/mol. The number of carbonyl (C=O) groups is 2. The minimum atomic E-state index is -0.124. The lowest BCUT2D eigenvalue weighted by molar-refractivity contribution is -0.125. The number of ether oxygens (including phenoxy) is 1. The van der Waals surface area contributed by atoms with Crippen molar-refractivity contribution in [2.75, 3.05) is 51.8 Å². The quantitative estimate of drug-likeness (QED) is 0.451. The van der Waals surface area contributed by atoms with E-state index in [1.165, 1.54) is 27.5 Å². The molecule has 3 aliphatic rings. The first-order valence-electron chi connectivity index (χ1n) is 13.4. The van der Waals surface area contributed by atoms with Gasteiger partial charge in [-0.05, 0) is 58.0 Å². The van der Waals surface area contributed by atoms with Crippen molar-refractivity contribution < 1.29 is 14.3 Å². The predicted molar refractivity (Wildman–Crippen MR) is 155 cm³/mol. The molecule has 8 nitrogen and oxygen atoms in total. The number of morpholine rings is 1. The van der Waals surface area contributed by atoms with Gasteiger partial charge in [0.2, 0.25) is 5.91 Å². The van der Waals surface area contributed by atoms with Gasteiger partial charge < -0.3 is 14.5 Å². The molecule has 0 bridgehead atoms. The van der Waals surface area contributed by atoms with Gasteiger partial charge in [-0.2, -0.15) is 0 Å². The number of carbonyl (C=O) groups excluding carboxylic acids is 2. The fourth-order valence-electron chi connectivity index (χ4n) is 5.65. The van der Waals surface area contributed by atoms with Crippen molar-refractivity contribution in [1.82, 2.24) is 19.7 Å². The molecule has 1 saturated heterocycles. The molecule has 0 radical (unpaired) electrons. The molecule has 1 aliphatic carbocycles. The maximum atomic E-state index is 13.0. The Morgan fingerprint density at radius 1 is 1.10 bits per heavy atom. The van der Waals surface area contributed by atoms with Crippen molar-refractivity contribution in [2.45, 2.75) is 25.9 Å². The van der Waals surface area contributed by atoms with Gasteiger partial charge in [0.05, 0.1) is 19.8 Å². The van der Waals surface area contributed by atoms with E-state index in [0.717, 1.165) is 56.8 Å². The van der Waals surface area contributed by atoms with Crippen LogP contribution in [0.2, 0.25) is 0 Å². The summed E-state index contributed by atoms with van der Waals surface area (Å²) < 4.78 is 5.41. The van der Waals surface area contributed by atoms with E-state index in [0.29, 0.717) is 25.5 Å². The second-order valence-corrected chi connectivity index (χ2v) is 10.3. The van der Waals surface area contributed by atoms with Gasteiger partial charge >= 0.3 is 6.03 Å². The van der Waals surface area contributed by atoms with Gasteiger partial charge in [0.25, 0.3) is 0 Å². The number of halogens is 1. The maximum absolute atomic E-state index is 13.0. The smallest absolute Gasteiger partial charge is 0.323 e. The van der Waals surface area contributed by atoms with E-state index in [4.69, 9.17) is 4.74 Å². The molecule has 3 aromatic rings. The molecule has 0 unspecified atom stereocenters. The van der Waals surface area contributed by atoms with Crippen molar-refractivity contribution in [3.63, 3.8) is 0 Å². The molecule has 0 saturated carbocycles. The molecule has 1 N–H and O–H groups in total. The summed E-state index contributed by atoms with van der Waals surface area (Å²) in [6.45, 7) is 5.79. The number of aromatic nitrogens is 1. The Labute approximate surface area is 235 Å². The fourth-order valence-corrected chi connectivity index (χ4v) is 5.65. The van der Waals surface area contributed by atoms with Gasteiger partial charge in [0.15, 0.2) is 0 Å². The van der Waals surface area contributed by atoms with Crippen LogP contribution in [0.3, 0.4) is 0 Å². The molecule has 1 aromatic heterocycles. The molecular formula is C30H34ClN5O3. The Bertz CT molecular complexity index is 1410. The van der Waals surface area contributed by atoms with E-state index in [1.807, 2.05) is 18.0 Å². The number of hydrogen-bond donors (Lipinski definition) is 1. The molecule has 2 aliphatic heterocycles. The molecule has 204 valence electrons. The zero-order chi connectivity index (χ0) is 26.1. The average molecular weight is 548 g/mol. The maximum Gasteiger partial charge on any atom is 0.323 e. The highest BCUT2D eigenvalue weighted by atomic mass is 35.5. The SMILES string of the molecule is CN(Cc1ccc2c3c(cccc13)CC2)C(=O)C=Cc1cnc2c(c1)CN(CCN1CCOCC1)C(=O)N2.Cl. The Kier molecular flexibility index (Phi) is 8.16. The highest BCUT2D eigenvalue weighted by molar-refractivity contribution is 5.95. The fraction of sp³-hybridized carbons (Fsp3) is 0.367. The van der Waals surface area contributed by atoms with Crippen molar-refractivity contribution in [3.05, 3.63) is 76.5 Å². The van der Waals surface area contributed by atoms with E-state index in [1.54, 1.807) is 23.2 Å². The van der Waals surface area contributed by atoms with Gasteiger partial charge in [-0.15, -0.1) is 12.4 Å². The lowest BCUT2D eigenvalue weighted by Gasteiger charge is -2.32. The molecular weight excluding hydrogens is 514 g/mol. The van der Waals surface area contributed by atoms with Crippen LogP contribution in [0.4, 0.5) is 10.6 Å². The summed E-state index contributed by atoms with van der Waals surface area (Å²) in [6, 6.07) is 12.7. The molecule has 9 heteroatoms. The Hall–Kier alpha value is -3.46. The zero-order valence-corrected chi connectivity index (χ0v) is 23.0. The van der Waals surface area contributed by atoms with Crippen LogP contribution in [0.15, 0.2) is 48.7 Å². The summed E-state index contributed by atoms with van der Waals surface area (Å²) in [5.74, 6) is 0.525. The third-order valence-corrected chi connectivity index (χ3v) is 7.82. The van der Waals surface area contributed by atoms with E-state index in [-0.39, 0.29) is 24.3 Å². The summed E-state index contributed by atoms with van der Waals surface area (Å²) in [6.07, 6.45) is 7.28. The van der Waals surface area contributed by atoms with Crippen molar-refractivity contribution in [2.24, 2.45) is 0 Å². The Morgan fingerprint density at radius 3 is 2.72 bits per heavy atom. The topological polar surface area (TPSA) is 78.0 Å². The Morgan fingerprint density at radius 2 is 1.90 bits per heavy atom. The van der Waals surface area contributed by atoms with Gasteiger partial charge in [-0.3, -0.25) is 15.0 Å². The molecule has 0 spiro atoms. The summed E-state index contributed by atoms with van der Waals surface area (Å²) >= 11 is 0. The molecule has 3 amide bonds. The first-order valence-corrected chi connectivity index (χ1v) is 13.4. The lowest BCUT2D eigenvalue weighted by Crippen LogP contribution is -2.45. The molecule has 2 aromatic carbocycles. The highest BCUT2D eigenvalue weighted by Gasteiger charge is 2.24. The number of rotatable bonds is 7. The van der Waals surface area contributed by atoms with E-state index in [9.17, 15) is 9.59 Å². The summed E-state index contributed by atoms with van der Waals surface area (Å²) in [7, 11) is 1.84. The van der Waals surface area contributed by atoms with E-state index >= 15 is 0 Å². The molecule has 6 rings (SSSR count). The summed E-state index contributed by atoms with van der Waals surface area (Å²) in [5, 5.41) is 5.51. The van der Waals surface area contributed by atoms with Crippen LogP contribution >= 0.6 is 12.4 Å². The standard InChI is InChI=1S/C30H33N5O3.ClH/c1-33(19-24-9-8-23-7-6-22-3-2-4-26(24)28(22)23)27(36)10-5-21-17-25-20-35(30(37)32-29(25)31-18-21)12-11-34-13-15-38-16-14-34;/h2-5,8-10,17-18H,6-7,11-16,19-20H2,1H3,(H,31,32,37);1H. The van der Waals surface area contributed by atoms with Gasteiger partial charge in [0, 0.05) is 57.6 Å². The van der Waals surface area contributed by atoms with Crippen LogP contribution in [0, 0.1) is 0 Å². The van der Waals surface area contributed by atoms with E-state index in [2.05, 4.69) is 45.5 Å². The van der Waals surface area contributed by atoms with Crippen LogP contribution < -0.4 is 5.32 Å². The average Bonchev–Trinajstić information content (AvgIpc) is 3.37. The van der Waals surface area contributed by atoms with Crippen molar-refractivity contribution in [1.29, 1.82) is 0 Å². The lowest BCUT2D eigenvalue weighted by atomic mass is 9.99. The number of likely N-dealkylation sites (N-methyl/N-ethyl adjacent to an activating group) is 1. The first kappa shape index (κ1) is 27.1. The number of anilines is 1. The minimum absolute atomic E-state index is 0. The predicted octanol–water partition coefficient (Wildman–Crippen LogP) is 4.11. The number of amides is 3. The second-order valence-electron chi connectivity index (χ2n) is 10.3. The van der Waals surface area contributed by atoms with Crippen LogP contribution in [0.1, 0.15) is 27.8 Å². The molecule has 0 atom stereocenters. The number of fused-ring (bicyclic) bond motifs is 1. The van der Waals surface area contributed by atoms with Crippen LogP contribution in [-0.2, 0) is 35.5 Å². The Balaban J connectivity index is 0.00000308. The third kappa shape index (κ3) is 5.78. The van der Waals surface area contributed by atoms with Gasteiger partial charge in [-0.25, -0.2) is 9.78 Å². The number of nitrogens with one attached hydrogen (secondary N) is 1. The first-order chi connectivity index (χ1) is 18.5. The number of nitrogens with zero attached hydrogens (tertiary/aromatic N) is 4. The molecule has 1 fully saturated rings. The number of pyridine rings is 1. The van der Waals surface area contributed by atoms with Crippen molar-refractivity contribution >= 4 is 47.0 Å². The van der Waals surface area contributed by atoms with Crippen LogP contribution in [-0.4, -0.2) is 78.1 Å². The number of benzene rings is 2. The van der Waals surface area contributed by atoms with Gasteiger partial charge in [0.1, 0.15) is 5.82 Å². The van der Waals surface area contributed by atoms with Crippen molar-refractivity contribution in [3.8, 4) is 0 Å². The minimum Gasteiger partial charge on any atom is -0.379 e. The highest BCUT2D eigenvalue weighted by Crippen LogP contribution is 2.33. The zero-order valence-electron chi connectivity index (χ0n) is 22.2. The summed E-state index contributed by atoms with van der Waals surface area (Å²) in [5.41, 5.74) is 5.76. The largest absolute Gasteiger partial charge is 0.379 e. The number of urea groups is 1. The molecule has 3 heterocycles. The van der Waals surface area contributed by atoms with E-state index < -0.39 is 0 Å². The van der Waals surface area contributed by atoms with Crippen LogP contribution in [0.5, 0.6) is 0 Å². The van der Waals surface area contributed by atoms with Gasteiger partial charge in [-0.1, -0.05) is 30.3 Å². The number of hydrogen-bond acceptors (Lipinski definition) is 5. The third-order valence-electron chi connectivity index (χ3n) is 7.82. The number of aryl methyl sites for hydroxylation is 2. The normalized spacial score (nSPS) is 16.7. The summed E-state index contributed by atoms with van der Waals surface area (Å²) in [4.78, 5) is 35.8. The second kappa shape index (κ2) is 11.7. The van der Waals surface area contributed by atoms with Crippen LogP contribution in [0.25, 0.3) is 16.8 Å². The molecule has 39 heavy (non-hydrogen) atoms.